The Labute approximate surface area is 212 Å². The van der Waals surface area contributed by atoms with Crippen LogP contribution in [-0.2, 0) is 0 Å². The van der Waals surface area contributed by atoms with Crippen molar-refractivity contribution in [3.63, 3.8) is 0 Å². The molecule has 0 amide bonds. The minimum absolute atomic E-state index is 0.972. The summed E-state index contributed by atoms with van der Waals surface area (Å²) in [7, 11) is 0. The topological polar surface area (TPSA) is 12.9 Å². The lowest BCUT2D eigenvalue weighted by atomic mass is 9.97. The van der Waals surface area contributed by atoms with E-state index in [1.807, 2.05) is 6.07 Å². The first-order valence-corrected chi connectivity index (χ1v) is 12.2. The van der Waals surface area contributed by atoms with E-state index in [9.17, 15) is 0 Å². The van der Waals surface area contributed by atoms with Crippen molar-refractivity contribution in [1.82, 2.24) is 4.98 Å². The highest BCUT2D eigenvalue weighted by Gasteiger charge is 2.09. The molecule has 0 fully saturated rings. The first-order valence-electron chi connectivity index (χ1n) is 12.2. The molecule has 170 valence electrons. The monoisotopic (exact) mass is 459 g/mol. The summed E-state index contributed by atoms with van der Waals surface area (Å²) in [6, 6.07) is 53.2. The fourth-order valence-electron chi connectivity index (χ4n) is 4.57. The zero-order chi connectivity index (χ0) is 24.2. The van der Waals surface area contributed by atoms with Crippen LogP contribution in [0.2, 0.25) is 0 Å². The Morgan fingerprint density at radius 2 is 0.611 bits per heavy atom. The summed E-state index contributed by atoms with van der Waals surface area (Å²) in [6.07, 6.45) is 0. The minimum Gasteiger partial charge on any atom is -0.248 e. The SMILES string of the molecule is c1ccc(-c2cccc(-c3ccc(-c4cc(-c5ccccc5)cc(-c5ccccc5)n4)cc3)c2)cc1. The van der Waals surface area contributed by atoms with Crippen LogP contribution in [0.3, 0.4) is 0 Å². The number of pyridine rings is 1. The third-order valence-electron chi connectivity index (χ3n) is 6.49. The van der Waals surface area contributed by atoms with Gasteiger partial charge in [-0.3, -0.25) is 0 Å². The van der Waals surface area contributed by atoms with Gasteiger partial charge in [-0.05, 0) is 51.6 Å². The van der Waals surface area contributed by atoms with Crippen molar-refractivity contribution < 1.29 is 0 Å². The second kappa shape index (κ2) is 9.85. The molecule has 1 heteroatoms. The van der Waals surface area contributed by atoms with E-state index < -0.39 is 0 Å². The molecule has 1 nitrogen and oxygen atoms in total. The molecule has 0 aliphatic heterocycles. The van der Waals surface area contributed by atoms with Crippen LogP contribution in [0.4, 0.5) is 0 Å². The molecule has 1 heterocycles. The van der Waals surface area contributed by atoms with Gasteiger partial charge in [0.2, 0.25) is 0 Å². The van der Waals surface area contributed by atoms with E-state index in [2.05, 4.69) is 146 Å². The lowest BCUT2D eigenvalue weighted by molar-refractivity contribution is 1.32. The largest absolute Gasteiger partial charge is 0.248 e. The van der Waals surface area contributed by atoms with Crippen LogP contribution in [0, 0.1) is 0 Å². The van der Waals surface area contributed by atoms with Gasteiger partial charge in [-0.15, -0.1) is 0 Å². The summed E-state index contributed by atoms with van der Waals surface area (Å²) < 4.78 is 0. The van der Waals surface area contributed by atoms with Gasteiger partial charge in [0.25, 0.3) is 0 Å². The number of rotatable bonds is 5. The van der Waals surface area contributed by atoms with E-state index in [0.29, 0.717) is 0 Å². The predicted octanol–water partition coefficient (Wildman–Crippen LogP) is 9.42. The Hall–Kier alpha value is -4.75. The van der Waals surface area contributed by atoms with Gasteiger partial charge in [0, 0.05) is 11.1 Å². The zero-order valence-corrected chi connectivity index (χ0v) is 19.9. The Balaban J connectivity index is 1.38. The Bertz CT molecular complexity index is 1530. The summed E-state index contributed by atoms with van der Waals surface area (Å²) in [5.74, 6) is 0. The van der Waals surface area contributed by atoms with Gasteiger partial charge in [-0.1, -0.05) is 133 Å². The fraction of sp³-hybridized carbons (Fsp3) is 0. The van der Waals surface area contributed by atoms with Crippen LogP contribution >= 0.6 is 0 Å². The highest BCUT2D eigenvalue weighted by atomic mass is 14.7. The van der Waals surface area contributed by atoms with Gasteiger partial charge >= 0.3 is 0 Å². The molecule has 1 aromatic heterocycles. The van der Waals surface area contributed by atoms with E-state index in [1.54, 1.807) is 0 Å². The number of nitrogens with zero attached hydrogens (tertiary/aromatic N) is 1. The summed E-state index contributed by atoms with van der Waals surface area (Å²) >= 11 is 0. The molecular formula is C35H25N. The highest BCUT2D eigenvalue weighted by molar-refractivity contribution is 5.78. The lowest BCUT2D eigenvalue weighted by Crippen LogP contribution is -1.91. The maximum atomic E-state index is 5.06. The molecule has 0 unspecified atom stereocenters. The molecule has 0 saturated heterocycles. The molecule has 0 spiro atoms. The third-order valence-corrected chi connectivity index (χ3v) is 6.49. The maximum absolute atomic E-state index is 5.06. The molecule has 0 aliphatic carbocycles. The Morgan fingerprint density at radius 3 is 1.14 bits per heavy atom. The average molecular weight is 460 g/mol. The van der Waals surface area contributed by atoms with Crippen LogP contribution < -0.4 is 0 Å². The molecule has 0 bridgehead atoms. The first-order chi connectivity index (χ1) is 17.8. The van der Waals surface area contributed by atoms with Gasteiger partial charge in [0.15, 0.2) is 0 Å². The van der Waals surface area contributed by atoms with Crippen molar-refractivity contribution in [1.29, 1.82) is 0 Å². The van der Waals surface area contributed by atoms with E-state index in [0.717, 1.165) is 22.5 Å². The van der Waals surface area contributed by atoms with Crippen LogP contribution in [0.5, 0.6) is 0 Å². The highest BCUT2D eigenvalue weighted by Crippen LogP contribution is 2.32. The van der Waals surface area contributed by atoms with Gasteiger partial charge in [-0.2, -0.15) is 0 Å². The molecule has 5 aromatic carbocycles. The van der Waals surface area contributed by atoms with E-state index >= 15 is 0 Å². The maximum Gasteiger partial charge on any atom is 0.0715 e. The second-order valence-electron chi connectivity index (χ2n) is 8.88. The predicted molar refractivity (Wildman–Crippen MR) is 151 cm³/mol. The van der Waals surface area contributed by atoms with Crippen molar-refractivity contribution in [2.45, 2.75) is 0 Å². The minimum atomic E-state index is 0.972. The standard InChI is InChI=1S/C35H25N/c1-4-11-26(12-5-1)31-17-10-18-32(23-31)28-19-21-30(22-20-28)35-25-33(27-13-6-2-7-14-27)24-34(36-35)29-15-8-3-9-16-29/h1-25H. The van der Waals surface area contributed by atoms with Gasteiger partial charge in [0.05, 0.1) is 11.4 Å². The number of hydrogen-bond donors (Lipinski definition) is 0. The van der Waals surface area contributed by atoms with Gasteiger partial charge in [0.1, 0.15) is 0 Å². The van der Waals surface area contributed by atoms with E-state index in [4.69, 9.17) is 4.98 Å². The molecule has 0 atom stereocenters. The van der Waals surface area contributed by atoms with Crippen molar-refractivity contribution in [3.8, 4) is 55.9 Å². The lowest BCUT2D eigenvalue weighted by Gasteiger charge is -2.11. The summed E-state index contributed by atoms with van der Waals surface area (Å²) in [5, 5.41) is 0. The van der Waals surface area contributed by atoms with E-state index in [-0.39, 0.29) is 0 Å². The van der Waals surface area contributed by atoms with Crippen molar-refractivity contribution in [2.75, 3.05) is 0 Å². The Morgan fingerprint density at radius 1 is 0.250 bits per heavy atom. The third kappa shape index (κ3) is 4.60. The Kier molecular flexibility index (Phi) is 5.96. The summed E-state index contributed by atoms with van der Waals surface area (Å²) in [4.78, 5) is 5.06. The molecular weight excluding hydrogens is 434 g/mol. The first kappa shape index (κ1) is 21.8. The van der Waals surface area contributed by atoms with Crippen LogP contribution in [0.25, 0.3) is 55.9 Å². The average Bonchev–Trinajstić information content (AvgIpc) is 2.98. The van der Waals surface area contributed by atoms with Crippen molar-refractivity contribution in [3.05, 3.63) is 152 Å². The number of hydrogen-bond acceptors (Lipinski definition) is 1. The van der Waals surface area contributed by atoms with Crippen LogP contribution in [-0.4, -0.2) is 4.98 Å². The zero-order valence-electron chi connectivity index (χ0n) is 19.9. The molecule has 6 aromatic rings. The normalized spacial score (nSPS) is 10.8. The molecule has 0 radical (unpaired) electrons. The quantitative estimate of drug-likeness (QED) is 0.250. The molecule has 0 N–H and O–H groups in total. The second-order valence-corrected chi connectivity index (χ2v) is 8.88. The van der Waals surface area contributed by atoms with Gasteiger partial charge in [-0.25, -0.2) is 4.98 Å². The fourth-order valence-corrected chi connectivity index (χ4v) is 4.57. The van der Waals surface area contributed by atoms with Crippen molar-refractivity contribution >= 4 is 0 Å². The molecule has 0 aliphatic rings. The summed E-state index contributed by atoms with van der Waals surface area (Å²) in [6.45, 7) is 0. The van der Waals surface area contributed by atoms with Crippen LogP contribution in [0.15, 0.2) is 152 Å². The van der Waals surface area contributed by atoms with Gasteiger partial charge < -0.3 is 0 Å². The molecule has 36 heavy (non-hydrogen) atoms. The van der Waals surface area contributed by atoms with Crippen LogP contribution in [0.1, 0.15) is 0 Å². The molecule has 0 saturated carbocycles. The number of benzene rings is 5. The summed E-state index contributed by atoms with van der Waals surface area (Å²) in [5.41, 5.74) is 11.4. The molecule has 6 rings (SSSR count). The number of aromatic nitrogens is 1. The van der Waals surface area contributed by atoms with E-state index in [1.165, 1.54) is 33.4 Å². The smallest absolute Gasteiger partial charge is 0.0715 e. The van der Waals surface area contributed by atoms with Crippen molar-refractivity contribution in [2.24, 2.45) is 0 Å².